The van der Waals surface area contributed by atoms with Gasteiger partial charge in [-0.1, -0.05) is 76.2 Å². The Bertz CT molecular complexity index is 2580. The van der Waals surface area contributed by atoms with Crippen LogP contribution >= 0.6 is 0 Å². The highest BCUT2D eigenvalue weighted by molar-refractivity contribution is 5.99. The van der Waals surface area contributed by atoms with E-state index in [1.807, 2.05) is 0 Å². The summed E-state index contributed by atoms with van der Waals surface area (Å²) in [4.78, 5) is 139. The van der Waals surface area contributed by atoms with Crippen molar-refractivity contribution in [2.24, 2.45) is 29.0 Å². The number of nitrogens with two attached hydrogens (primary N) is 3. The van der Waals surface area contributed by atoms with Gasteiger partial charge in [-0.15, -0.1) is 0 Å². The van der Waals surface area contributed by atoms with Crippen molar-refractivity contribution < 1.29 is 58.2 Å². The van der Waals surface area contributed by atoms with Crippen molar-refractivity contribution in [3.63, 3.8) is 0 Å². The molecule has 0 saturated carbocycles. The number of aliphatic carboxylic acids is 1. The van der Waals surface area contributed by atoms with Crippen molar-refractivity contribution >= 4 is 70.0 Å². The number of carbonyl (C=O) groups excluding carboxylic acids is 9. The topological polar surface area (TPSA) is 413 Å². The molecular weight excluding hydrogens is 1050 g/mol. The predicted octanol–water partition coefficient (Wildman–Crippen LogP) is -0.871. The molecule has 3 aromatic rings. The van der Waals surface area contributed by atoms with Crippen LogP contribution in [0.5, 0.6) is 0 Å². The molecule has 25 heteroatoms. The lowest BCUT2D eigenvalue weighted by Crippen LogP contribution is -2.62. The minimum atomic E-state index is -1.68. The van der Waals surface area contributed by atoms with Crippen LogP contribution in [0.4, 0.5) is 0 Å². The number of benzene rings is 2. The predicted molar refractivity (Wildman–Crippen MR) is 304 cm³/mol. The van der Waals surface area contributed by atoms with Gasteiger partial charge in [0.1, 0.15) is 54.4 Å². The summed E-state index contributed by atoms with van der Waals surface area (Å²) in [5, 5.41) is 44.8. The van der Waals surface area contributed by atoms with Crippen molar-refractivity contribution in [1.82, 2.24) is 52.8 Å². The first-order valence-electron chi connectivity index (χ1n) is 27.7. The van der Waals surface area contributed by atoms with E-state index in [-0.39, 0.29) is 38.0 Å². The van der Waals surface area contributed by atoms with Gasteiger partial charge in [0.15, 0.2) is 0 Å². The minimum Gasteiger partial charge on any atom is -0.480 e. The van der Waals surface area contributed by atoms with Gasteiger partial charge in [-0.2, -0.15) is 0 Å². The fourth-order valence-electron chi connectivity index (χ4n) is 8.63. The third-order valence-corrected chi connectivity index (χ3v) is 13.4. The van der Waals surface area contributed by atoms with Crippen LogP contribution in [-0.2, 0) is 60.8 Å². The van der Waals surface area contributed by atoms with E-state index in [2.05, 4.69) is 52.8 Å². The molecule has 9 amide bonds. The number of amides is 9. The van der Waals surface area contributed by atoms with Crippen LogP contribution in [0.3, 0.4) is 0 Å². The van der Waals surface area contributed by atoms with E-state index >= 15 is 0 Å². The smallest absolute Gasteiger partial charge is 0.326 e. The van der Waals surface area contributed by atoms with Crippen LogP contribution < -0.4 is 65.1 Å². The average Bonchev–Trinajstić information content (AvgIpc) is 3.89. The molecule has 11 atom stereocenters. The molecule has 0 saturated heterocycles. The van der Waals surface area contributed by atoms with Crippen molar-refractivity contribution in [1.29, 1.82) is 0 Å². The van der Waals surface area contributed by atoms with Crippen LogP contribution in [0.1, 0.15) is 111 Å². The van der Waals surface area contributed by atoms with Crippen LogP contribution in [0.15, 0.2) is 60.8 Å². The molecule has 0 aliphatic rings. The SMILES string of the molecule is CC(C)C[C@H](NC(=O)[C@@H](NC(=O)[C@H](Cc1c[nH]c2ccccc12)NC(=O)[C@H](C)NC(=O)[C@H](C)NC(=O)[C@@H](NC(=O)[C@H](Cc1ccccc1)NC(=O)[C@H](CCCCN)NC(=O)[C@H](C)N)C(C)C)[C@@H](C)O)C(=O)N[C@@H](CCCCN)C(=O)O. The third kappa shape index (κ3) is 22.5. The second kappa shape index (κ2) is 34.0. The molecule has 448 valence electrons. The van der Waals surface area contributed by atoms with Gasteiger partial charge in [0.2, 0.25) is 53.2 Å². The number of carboxylic acids is 1. The van der Waals surface area contributed by atoms with Crippen molar-refractivity contribution in [3.05, 3.63) is 71.9 Å². The lowest BCUT2D eigenvalue weighted by molar-refractivity contribution is -0.142. The van der Waals surface area contributed by atoms with Gasteiger partial charge in [0, 0.05) is 29.9 Å². The maximum atomic E-state index is 14.3. The van der Waals surface area contributed by atoms with Crippen LogP contribution in [-0.4, -0.2) is 154 Å². The summed E-state index contributed by atoms with van der Waals surface area (Å²) in [5.74, 6) is -9.07. The number of nitrogens with one attached hydrogen (secondary N) is 10. The number of aliphatic hydroxyl groups excluding tert-OH is 1. The number of unbranched alkanes of at least 4 members (excludes halogenated alkanes) is 2. The Morgan fingerprint density at radius 1 is 0.494 bits per heavy atom. The van der Waals surface area contributed by atoms with E-state index in [1.54, 1.807) is 88.5 Å². The molecule has 25 nitrogen and oxygen atoms in total. The maximum absolute atomic E-state index is 14.3. The second-order valence-electron chi connectivity index (χ2n) is 21.3. The number of aromatic amines is 1. The molecule has 2 aromatic carbocycles. The number of carboxylic acid groups (broad SMARTS) is 1. The molecule has 0 unspecified atom stereocenters. The fourth-order valence-corrected chi connectivity index (χ4v) is 8.63. The van der Waals surface area contributed by atoms with Gasteiger partial charge >= 0.3 is 5.97 Å². The van der Waals surface area contributed by atoms with Crippen LogP contribution in [0.25, 0.3) is 10.9 Å². The lowest BCUT2D eigenvalue weighted by atomic mass is 10.00. The Morgan fingerprint density at radius 3 is 1.51 bits per heavy atom. The molecule has 1 heterocycles. The number of hydrogen-bond acceptors (Lipinski definition) is 14. The van der Waals surface area contributed by atoms with Crippen molar-refractivity contribution in [3.8, 4) is 0 Å². The summed E-state index contributed by atoms with van der Waals surface area (Å²) < 4.78 is 0. The summed E-state index contributed by atoms with van der Waals surface area (Å²) in [6.45, 7) is 13.0. The molecular formula is C56H87N13O12. The lowest BCUT2D eigenvalue weighted by Gasteiger charge is -2.28. The first-order chi connectivity index (χ1) is 38.3. The Morgan fingerprint density at radius 2 is 0.951 bits per heavy atom. The standard InChI is InChI=1S/C56H87N13O12/c1-30(2)26-42(51(75)64-41(56(80)81)23-15-17-25-58)67-55(79)46(35(8)70)69-53(77)44(28-37-29-60-39-21-13-12-20-38(37)39)65-49(73)34(7)61-48(72)33(6)62-54(78)45(31(3)4)68-52(76)43(27-36-18-10-9-11-19-36)66-50(74)40(22-14-16-24-57)63-47(71)32(5)59/h9-13,18-21,29-35,40-46,60,70H,14-17,22-28,57-59H2,1-8H3,(H,61,72)(H,62,78)(H,63,71)(H,64,75)(H,65,73)(H,66,74)(H,67,79)(H,68,76)(H,69,77)(H,80,81)/t32-,33-,34-,35+,40-,41-,42-,43-,44-,45-,46-/m0/s1. The monoisotopic (exact) mass is 1130 g/mol. The van der Waals surface area contributed by atoms with E-state index in [1.165, 1.54) is 27.7 Å². The average molecular weight is 1130 g/mol. The molecule has 81 heavy (non-hydrogen) atoms. The number of para-hydroxylation sites is 1. The van der Waals surface area contributed by atoms with Gasteiger partial charge in [-0.25, -0.2) is 4.79 Å². The molecule has 18 N–H and O–H groups in total. The van der Waals surface area contributed by atoms with Gasteiger partial charge in [-0.3, -0.25) is 43.2 Å². The zero-order valence-electron chi connectivity index (χ0n) is 47.8. The van der Waals surface area contributed by atoms with E-state index in [4.69, 9.17) is 17.2 Å². The van der Waals surface area contributed by atoms with E-state index in [0.29, 0.717) is 55.3 Å². The number of hydrogen-bond donors (Lipinski definition) is 15. The Kier molecular flexibility index (Phi) is 28.4. The number of aromatic nitrogens is 1. The number of carbonyl (C=O) groups is 10. The molecule has 1 aromatic heterocycles. The summed E-state index contributed by atoms with van der Waals surface area (Å²) in [6.07, 6.45) is 2.34. The minimum absolute atomic E-state index is 0.00869. The molecule has 0 aliphatic heterocycles. The largest absolute Gasteiger partial charge is 0.480 e. The van der Waals surface area contributed by atoms with Gasteiger partial charge < -0.3 is 80.2 Å². The maximum Gasteiger partial charge on any atom is 0.326 e. The highest BCUT2D eigenvalue weighted by Crippen LogP contribution is 2.20. The van der Waals surface area contributed by atoms with Crippen molar-refractivity contribution in [2.75, 3.05) is 13.1 Å². The normalized spacial score (nSPS) is 15.4. The molecule has 0 spiro atoms. The molecule has 0 aliphatic carbocycles. The zero-order valence-corrected chi connectivity index (χ0v) is 47.8. The Hall–Kier alpha value is -7.48. The van der Waals surface area contributed by atoms with E-state index < -0.39 is 132 Å². The van der Waals surface area contributed by atoms with E-state index in [0.717, 1.165) is 5.52 Å². The fraction of sp³-hybridized carbons (Fsp3) is 0.571. The summed E-state index contributed by atoms with van der Waals surface area (Å²) >= 11 is 0. The number of fused-ring (bicyclic) bond motifs is 1. The number of rotatable bonds is 35. The summed E-state index contributed by atoms with van der Waals surface area (Å²) in [6, 6.07) is 3.26. The second-order valence-corrected chi connectivity index (χ2v) is 21.3. The molecule has 0 bridgehead atoms. The van der Waals surface area contributed by atoms with Crippen molar-refractivity contribution in [2.45, 2.75) is 180 Å². The summed E-state index contributed by atoms with van der Waals surface area (Å²) in [5.41, 5.74) is 19.0. The summed E-state index contributed by atoms with van der Waals surface area (Å²) in [7, 11) is 0. The van der Waals surface area contributed by atoms with E-state index in [9.17, 15) is 58.2 Å². The van der Waals surface area contributed by atoms with Gasteiger partial charge in [-0.05, 0) is 115 Å². The molecule has 0 fully saturated rings. The number of aliphatic hydroxyl groups is 1. The number of H-pyrrole nitrogens is 1. The van der Waals surface area contributed by atoms with Gasteiger partial charge in [0.05, 0.1) is 12.1 Å². The highest BCUT2D eigenvalue weighted by atomic mass is 16.4. The first kappa shape index (κ1) is 67.8. The molecule has 3 rings (SSSR count). The Balaban J connectivity index is 1.81. The third-order valence-electron chi connectivity index (χ3n) is 13.4. The van der Waals surface area contributed by atoms with Gasteiger partial charge in [0.25, 0.3) is 0 Å². The first-order valence-corrected chi connectivity index (χ1v) is 27.7. The quantitative estimate of drug-likeness (QED) is 0.0319. The van der Waals surface area contributed by atoms with Crippen LogP contribution in [0, 0.1) is 11.8 Å². The highest BCUT2D eigenvalue weighted by Gasteiger charge is 2.36. The zero-order chi connectivity index (χ0) is 60.5. The van der Waals surface area contributed by atoms with Crippen LogP contribution in [0.2, 0.25) is 0 Å². The Labute approximate surface area is 473 Å². The molecule has 0 radical (unpaired) electrons.